The Morgan fingerprint density at radius 1 is 1.54 bits per heavy atom. The van der Waals surface area contributed by atoms with Crippen LogP contribution in [0.5, 0.6) is 0 Å². The molecule has 5 heteroatoms. The highest BCUT2D eigenvalue weighted by molar-refractivity contribution is 5.93. The summed E-state index contributed by atoms with van der Waals surface area (Å²) in [7, 11) is 0. The predicted octanol–water partition coefficient (Wildman–Crippen LogP) is 0.883. The fraction of sp³-hybridized carbons (Fsp3) is 0. The summed E-state index contributed by atoms with van der Waals surface area (Å²) in [5.41, 5.74) is 0. The number of hydrogen-bond acceptors (Lipinski definition) is 4. The molecule has 2 heterocycles. The van der Waals surface area contributed by atoms with E-state index in [0.29, 0.717) is 0 Å². The lowest BCUT2D eigenvalue weighted by Crippen LogP contribution is -2.16. The normalized spacial score (nSPS) is 14.3. The van der Waals surface area contributed by atoms with Crippen molar-refractivity contribution in [2.24, 2.45) is 0 Å². The van der Waals surface area contributed by atoms with Crippen LogP contribution in [0, 0.1) is 0 Å². The Hall–Kier alpha value is -2.04. The van der Waals surface area contributed by atoms with Crippen molar-refractivity contribution >= 4 is 5.91 Å². The van der Waals surface area contributed by atoms with Gasteiger partial charge < -0.3 is 0 Å². The molecular weight excluding hydrogens is 172 g/mol. The third kappa shape index (κ3) is 1.44. The van der Waals surface area contributed by atoms with E-state index >= 15 is 0 Å². The Balaban J connectivity index is 2.22. The molecule has 0 unspecified atom stereocenters. The molecular formula is C8H6N2O3. The molecule has 0 aliphatic carbocycles. The molecule has 1 aliphatic heterocycles. The summed E-state index contributed by atoms with van der Waals surface area (Å²) in [6.07, 6.45) is 7.45. The third-order valence-electron chi connectivity index (χ3n) is 1.44. The van der Waals surface area contributed by atoms with Crippen LogP contribution in [0.1, 0.15) is 4.79 Å². The molecule has 0 saturated heterocycles. The van der Waals surface area contributed by atoms with E-state index < -0.39 is 0 Å². The van der Waals surface area contributed by atoms with Gasteiger partial charge in [0.25, 0.3) is 0 Å². The summed E-state index contributed by atoms with van der Waals surface area (Å²) in [4.78, 5) is 20.6. The van der Waals surface area contributed by atoms with Gasteiger partial charge in [-0.2, -0.15) is 5.10 Å². The molecule has 13 heavy (non-hydrogen) atoms. The zero-order chi connectivity index (χ0) is 9.10. The number of nitrogens with zero attached hydrogens (tertiary/aromatic N) is 2. The summed E-state index contributed by atoms with van der Waals surface area (Å²) in [5, 5.41) is 3.76. The van der Waals surface area contributed by atoms with Crippen molar-refractivity contribution in [1.29, 1.82) is 0 Å². The molecule has 0 N–H and O–H groups in total. The molecule has 0 spiro atoms. The van der Waals surface area contributed by atoms with Gasteiger partial charge in [-0.3, -0.25) is 14.6 Å². The lowest BCUT2D eigenvalue weighted by Gasteiger charge is -2.07. The molecule has 66 valence electrons. The standard InChI is InChI=1S/C8H6N2O3/c11-8(10-5-2-4-9-10)7-3-1-6-12-13-7/h1-6H. The number of hydrogen-bond donors (Lipinski definition) is 0. The molecule has 0 aromatic carbocycles. The van der Waals surface area contributed by atoms with Crippen LogP contribution in [-0.2, 0) is 9.78 Å². The van der Waals surface area contributed by atoms with Crippen LogP contribution in [0.4, 0.5) is 0 Å². The van der Waals surface area contributed by atoms with Gasteiger partial charge >= 0.3 is 5.91 Å². The zero-order valence-corrected chi connectivity index (χ0v) is 6.58. The first kappa shape index (κ1) is 7.60. The molecule has 2 rings (SSSR count). The molecule has 5 nitrogen and oxygen atoms in total. The van der Waals surface area contributed by atoms with E-state index in [0.717, 1.165) is 4.68 Å². The molecule has 0 radical (unpaired) electrons. The van der Waals surface area contributed by atoms with Crippen molar-refractivity contribution < 1.29 is 14.6 Å². The number of allylic oxidation sites excluding steroid dienone is 3. The SMILES string of the molecule is O=C(C1=CC=COO1)n1cccn1. The number of aromatic nitrogens is 2. The second-order valence-corrected chi connectivity index (χ2v) is 2.29. The Bertz CT molecular complexity index is 365. The van der Waals surface area contributed by atoms with Gasteiger partial charge in [0.15, 0.2) is 0 Å². The molecule has 0 saturated carbocycles. The first-order chi connectivity index (χ1) is 6.38. The zero-order valence-electron chi connectivity index (χ0n) is 6.58. The van der Waals surface area contributed by atoms with Crippen LogP contribution in [0.2, 0.25) is 0 Å². The third-order valence-corrected chi connectivity index (χ3v) is 1.44. The molecule has 1 aromatic rings. The summed E-state index contributed by atoms with van der Waals surface area (Å²) in [6.45, 7) is 0. The van der Waals surface area contributed by atoms with E-state index in [4.69, 9.17) is 0 Å². The van der Waals surface area contributed by atoms with Gasteiger partial charge in [0.05, 0.1) is 0 Å². The van der Waals surface area contributed by atoms with Gasteiger partial charge in [0, 0.05) is 12.4 Å². The van der Waals surface area contributed by atoms with E-state index in [1.807, 2.05) is 0 Å². The fourth-order valence-electron chi connectivity index (χ4n) is 0.875. The Morgan fingerprint density at radius 3 is 3.08 bits per heavy atom. The first-order valence-electron chi connectivity index (χ1n) is 3.62. The maximum atomic E-state index is 11.5. The largest absolute Gasteiger partial charge is 0.318 e. The predicted molar refractivity (Wildman–Crippen MR) is 42.2 cm³/mol. The summed E-state index contributed by atoms with van der Waals surface area (Å²) in [5.74, 6) is -0.263. The van der Waals surface area contributed by atoms with Crippen LogP contribution in [0.15, 0.2) is 42.6 Å². The molecule has 1 aromatic heterocycles. The van der Waals surface area contributed by atoms with Gasteiger partial charge in [0.1, 0.15) is 6.26 Å². The smallest absolute Gasteiger partial charge is 0.298 e. The maximum Gasteiger partial charge on any atom is 0.318 e. The van der Waals surface area contributed by atoms with Gasteiger partial charge in [-0.15, -0.1) is 0 Å². The van der Waals surface area contributed by atoms with Crippen molar-refractivity contribution in [3.05, 3.63) is 42.6 Å². The quantitative estimate of drug-likeness (QED) is 0.599. The average molecular weight is 178 g/mol. The monoisotopic (exact) mass is 178 g/mol. The van der Waals surface area contributed by atoms with Crippen molar-refractivity contribution in [2.45, 2.75) is 0 Å². The number of carbonyl (C=O) groups is 1. The first-order valence-corrected chi connectivity index (χ1v) is 3.62. The minimum atomic E-state index is -0.366. The maximum absolute atomic E-state index is 11.5. The van der Waals surface area contributed by atoms with E-state index in [2.05, 4.69) is 14.9 Å². The molecule has 1 aliphatic rings. The van der Waals surface area contributed by atoms with E-state index in [-0.39, 0.29) is 11.7 Å². The van der Waals surface area contributed by atoms with Crippen molar-refractivity contribution in [3.63, 3.8) is 0 Å². The Morgan fingerprint density at radius 2 is 2.46 bits per heavy atom. The molecule has 0 fully saturated rings. The van der Waals surface area contributed by atoms with E-state index in [1.54, 1.807) is 12.1 Å². The Labute approximate surface area is 73.8 Å². The summed E-state index contributed by atoms with van der Waals surface area (Å²) >= 11 is 0. The van der Waals surface area contributed by atoms with Crippen molar-refractivity contribution in [3.8, 4) is 0 Å². The van der Waals surface area contributed by atoms with Gasteiger partial charge in [0.2, 0.25) is 5.76 Å². The minimum absolute atomic E-state index is 0.103. The van der Waals surface area contributed by atoms with Crippen LogP contribution in [0.25, 0.3) is 0 Å². The molecule has 0 atom stereocenters. The highest BCUT2D eigenvalue weighted by atomic mass is 17.2. The van der Waals surface area contributed by atoms with Crippen molar-refractivity contribution in [1.82, 2.24) is 9.78 Å². The van der Waals surface area contributed by atoms with Crippen LogP contribution in [-0.4, -0.2) is 15.7 Å². The summed E-state index contributed by atoms with van der Waals surface area (Å²) < 4.78 is 1.16. The van der Waals surface area contributed by atoms with E-state index in [1.165, 1.54) is 24.7 Å². The Kier molecular flexibility index (Phi) is 1.84. The summed E-state index contributed by atoms with van der Waals surface area (Å²) in [6, 6.07) is 1.65. The van der Waals surface area contributed by atoms with Gasteiger partial charge in [-0.1, -0.05) is 0 Å². The lowest BCUT2D eigenvalue weighted by molar-refractivity contribution is -0.209. The molecule has 0 bridgehead atoms. The second kappa shape index (κ2) is 3.14. The van der Waals surface area contributed by atoms with E-state index in [9.17, 15) is 4.79 Å². The minimum Gasteiger partial charge on any atom is -0.298 e. The number of rotatable bonds is 1. The topological polar surface area (TPSA) is 53.4 Å². The fourth-order valence-corrected chi connectivity index (χ4v) is 0.875. The van der Waals surface area contributed by atoms with Crippen LogP contribution < -0.4 is 0 Å². The lowest BCUT2D eigenvalue weighted by atomic mass is 10.4. The molecule has 0 amide bonds. The number of carbonyl (C=O) groups excluding carboxylic acids is 1. The average Bonchev–Trinajstić information content (AvgIpc) is 2.71. The highest BCUT2D eigenvalue weighted by Crippen LogP contribution is 2.07. The van der Waals surface area contributed by atoms with Crippen molar-refractivity contribution in [2.75, 3.05) is 0 Å². The second-order valence-electron chi connectivity index (χ2n) is 2.29. The van der Waals surface area contributed by atoms with Crippen LogP contribution >= 0.6 is 0 Å². The van der Waals surface area contributed by atoms with Gasteiger partial charge in [-0.25, -0.2) is 4.68 Å². The highest BCUT2D eigenvalue weighted by Gasteiger charge is 2.15. The van der Waals surface area contributed by atoms with Crippen LogP contribution in [0.3, 0.4) is 0 Å². The van der Waals surface area contributed by atoms with Gasteiger partial charge in [-0.05, 0) is 18.2 Å².